The van der Waals surface area contributed by atoms with E-state index in [0.717, 1.165) is 28.3 Å². The van der Waals surface area contributed by atoms with Gasteiger partial charge in [0.1, 0.15) is 11.6 Å². The first-order valence-electron chi connectivity index (χ1n) is 6.17. The van der Waals surface area contributed by atoms with E-state index in [1.54, 1.807) is 7.11 Å². The van der Waals surface area contributed by atoms with Crippen molar-refractivity contribution in [1.29, 1.82) is 0 Å². The molecule has 0 saturated heterocycles. The molecule has 96 valence electrons. The van der Waals surface area contributed by atoms with Crippen molar-refractivity contribution >= 4 is 16.7 Å². The van der Waals surface area contributed by atoms with Crippen molar-refractivity contribution in [2.45, 2.75) is 6.54 Å². The summed E-state index contributed by atoms with van der Waals surface area (Å²) in [4.78, 5) is 7.81. The summed E-state index contributed by atoms with van der Waals surface area (Å²) in [5, 5.41) is 3.32. The molecule has 0 amide bonds. The summed E-state index contributed by atoms with van der Waals surface area (Å²) in [6.45, 7) is 0.634. The summed E-state index contributed by atoms with van der Waals surface area (Å²) in [6, 6.07) is 15.9. The number of nitrogens with zero attached hydrogens (tertiary/aromatic N) is 1. The van der Waals surface area contributed by atoms with E-state index in [0.29, 0.717) is 6.54 Å². The minimum absolute atomic E-state index is 0.634. The Kier molecular flexibility index (Phi) is 3.06. The van der Waals surface area contributed by atoms with Crippen LogP contribution in [0.4, 0.5) is 5.69 Å². The molecule has 2 aromatic carbocycles. The van der Waals surface area contributed by atoms with Crippen molar-refractivity contribution in [3.05, 3.63) is 54.4 Å². The van der Waals surface area contributed by atoms with E-state index in [1.807, 2.05) is 48.5 Å². The number of anilines is 1. The molecule has 0 fully saturated rings. The molecule has 3 aromatic rings. The van der Waals surface area contributed by atoms with Gasteiger partial charge in [-0.05, 0) is 24.3 Å². The number of H-pyrrole nitrogens is 1. The number of benzene rings is 2. The smallest absolute Gasteiger partial charge is 0.141 e. The van der Waals surface area contributed by atoms with Gasteiger partial charge in [0.15, 0.2) is 0 Å². The van der Waals surface area contributed by atoms with Crippen molar-refractivity contribution < 1.29 is 4.74 Å². The molecule has 0 bridgehead atoms. The normalized spacial score (nSPS) is 10.6. The minimum atomic E-state index is 0.634. The lowest BCUT2D eigenvalue weighted by Crippen LogP contribution is -2.02. The van der Waals surface area contributed by atoms with Gasteiger partial charge >= 0.3 is 0 Å². The molecule has 0 aliphatic carbocycles. The molecule has 0 spiro atoms. The third kappa shape index (κ3) is 2.38. The predicted octanol–water partition coefficient (Wildman–Crippen LogP) is 3.18. The zero-order valence-electron chi connectivity index (χ0n) is 10.7. The van der Waals surface area contributed by atoms with Gasteiger partial charge < -0.3 is 15.0 Å². The van der Waals surface area contributed by atoms with Crippen LogP contribution in [-0.2, 0) is 6.54 Å². The second-order valence-corrected chi connectivity index (χ2v) is 4.25. The number of nitrogens with one attached hydrogen (secondary N) is 2. The molecule has 2 N–H and O–H groups in total. The van der Waals surface area contributed by atoms with Crippen molar-refractivity contribution in [2.24, 2.45) is 0 Å². The third-order valence-corrected chi connectivity index (χ3v) is 2.99. The summed E-state index contributed by atoms with van der Waals surface area (Å²) in [5.74, 6) is 1.74. The Bertz CT molecular complexity index is 657. The number of hydrogen-bond acceptors (Lipinski definition) is 3. The largest absolute Gasteiger partial charge is 0.495 e. The van der Waals surface area contributed by atoms with Crippen molar-refractivity contribution in [3.8, 4) is 5.75 Å². The number of fused-ring (bicyclic) bond motifs is 1. The van der Waals surface area contributed by atoms with Gasteiger partial charge in [0.05, 0.1) is 30.4 Å². The van der Waals surface area contributed by atoms with Gasteiger partial charge in [-0.25, -0.2) is 4.98 Å². The Morgan fingerprint density at radius 3 is 2.74 bits per heavy atom. The van der Waals surface area contributed by atoms with Gasteiger partial charge in [-0.3, -0.25) is 0 Å². The highest BCUT2D eigenvalue weighted by atomic mass is 16.5. The van der Waals surface area contributed by atoms with Crippen LogP contribution in [0.5, 0.6) is 5.75 Å². The van der Waals surface area contributed by atoms with Crippen LogP contribution < -0.4 is 10.1 Å². The number of rotatable bonds is 4. The lowest BCUT2D eigenvalue weighted by atomic mass is 10.3. The van der Waals surface area contributed by atoms with Crippen molar-refractivity contribution in [1.82, 2.24) is 9.97 Å². The molecular formula is C15H15N3O. The maximum atomic E-state index is 5.30. The van der Waals surface area contributed by atoms with Gasteiger partial charge in [0.25, 0.3) is 0 Å². The van der Waals surface area contributed by atoms with Crippen LogP contribution in [-0.4, -0.2) is 17.1 Å². The summed E-state index contributed by atoms with van der Waals surface area (Å²) in [7, 11) is 1.67. The average Bonchev–Trinajstić information content (AvgIpc) is 2.88. The second kappa shape index (κ2) is 5.02. The Hall–Kier alpha value is -2.49. The van der Waals surface area contributed by atoms with E-state index in [9.17, 15) is 0 Å². The fourth-order valence-electron chi connectivity index (χ4n) is 2.06. The number of methoxy groups -OCH3 is 1. The molecule has 0 radical (unpaired) electrons. The predicted molar refractivity (Wildman–Crippen MR) is 76.4 cm³/mol. The number of para-hydroxylation sites is 4. The fourth-order valence-corrected chi connectivity index (χ4v) is 2.06. The number of aromatic amines is 1. The molecule has 1 heterocycles. The highest BCUT2D eigenvalue weighted by Crippen LogP contribution is 2.23. The van der Waals surface area contributed by atoms with Crippen LogP contribution in [0.1, 0.15) is 5.82 Å². The molecule has 3 rings (SSSR count). The first-order valence-corrected chi connectivity index (χ1v) is 6.17. The van der Waals surface area contributed by atoms with Crippen molar-refractivity contribution in [3.63, 3.8) is 0 Å². The van der Waals surface area contributed by atoms with Crippen LogP contribution in [0.25, 0.3) is 11.0 Å². The van der Waals surface area contributed by atoms with Gasteiger partial charge in [-0.15, -0.1) is 0 Å². The molecule has 0 saturated carbocycles. The zero-order chi connectivity index (χ0) is 13.1. The van der Waals surface area contributed by atoms with E-state index < -0.39 is 0 Å². The third-order valence-electron chi connectivity index (χ3n) is 2.99. The minimum Gasteiger partial charge on any atom is -0.495 e. The molecule has 19 heavy (non-hydrogen) atoms. The SMILES string of the molecule is COc1ccccc1NCc1nc2ccccc2[nH]1. The molecule has 0 aliphatic heterocycles. The van der Waals surface area contributed by atoms with Gasteiger partial charge in [-0.1, -0.05) is 24.3 Å². The first-order chi connectivity index (χ1) is 9.36. The Morgan fingerprint density at radius 1 is 1.11 bits per heavy atom. The topological polar surface area (TPSA) is 49.9 Å². The Labute approximate surface area is 111 Å². The molecule has 4 nitrogen and oxygen atoms in total. The lowest BCUT2D eigenvalue weighted by molar-refractivity contribution is 0.416. The molecule has 0 unspecified atom stereocenters. The lowest BCUT2D eigenvalue weighted by Gasteiger charge is -2.09. The monoisotopic (exact) mass is 253 g/mol. The molecule has 4 heteroatoms. The van der Waals surface area contributed by atoms with Crippen molar-refractivity contribution in [2.75, 3.05) is 12.4 Å². The van der Waals surface area contributed by atoms with Crippen LogP contribution >= 0.6 is 0 Å². The molecule has 1 aromatic heterocycles. The zero-order valence-corrected chi connectivity index (χ0v) is 10.7. The highest BCUT2D eigenvalue weighted by molar-refractivity contribution is 5.74. The summed E-state index contributed by atoms with van der Waals surface area (Å²) < 4.78 is 5.30. The number of aromatic nitrogens is 2. The average molecular weight is 253 g/mol. The van der Waals surface area contributed by atoms with Crippen LogP contribution in [0.2, 0.25) is 0 Å². The number of ether oxygens (including phenoxy) is 1. The Balaban J connectivity index is 1.78. The van der Waals surface area contributed by atoms with E-state index in [2.05, 4.69) is 15.3 Å². The number of hydrogen-bond donors (Lipinski definition) is 2. The molecular weight excluding hydrogens is 238 g/mol. The van der Waals surface area contributed by atoms with E-state index in [4.69, 9.17) is 4.74 Å². The summed E-state index contributed by atoms with van der Waals surface area (Å²) in [5.41, 5.74) is 3.00. The van der Waals surface area contributed by atoms with Crippen LogP contribution in [0.15, 0.2) is 48.5 Å². The number of imidazole rings is 1. The van der Waals surface area contributed by atoms with Gasteiger partial charge in [0.2, 0.25) is 0 Å². The van der Waals surface area contributed by atoms with Crippen LogP contribution in [0, 0.1) is 0 Å². The maximum absolute atomic E-state index is 5.30. The summed E-state index contributed by atoms with van der Waals surface area (Å²) in [6.07, 6.45) is 0. The van der Waals surface area contributed by atoms with Crippen LogP contribution in [0.3, 0.4) is 0 Å². The van der Waals surface area contributed by atoms with E-state index in [-0.39, 0.29) is 0 Å². The quantitative estimate of drug-likeness (QED) is 0.750. The fraction of sp³-hybridized carbons (Fsp3) is 0.133. The molecule has 0 atom stereocenters. The maximum Gasteiger partial charge on any atom is 0.141 e. The highest BCUT2D eigenvalue weighted by Gasteiger charge is 2.04. The first kappa shape index (κ1) is 11.6. The second-order valence-electron chi connectivity index (χ2n) is 4.25. The van der Waals surface area contributed by atoms with Gasteiger partial charge in [0, 0.05) is 0 Å². The molecule has 0 aliphatic rings. The summed E-state index contributed by atoms with van der Waals surface area (Å²) >= 11 is 0. The van der Waals surface area contributed by atoms with E-state index >= 15 is 0 Å². The van der Waals surface area contributed by atoms with E-state index in [1.165, 1.54) is 0 Å². The standard InChI is InChI=1S/C15H15N3O/c1-19-14-9-5-4-8-13(14)16-10-15-17-11-6-2-3-7-12(11)18-15/h2-9,16H,10H2,1H3,(H,17,18). The Morgan fingerprint density at radius 2 is 1.89 bits per heavy atom. The van der Waals surface area contributed by atoms with Gasteiger partial charge in [-0.2, -0.15) is 0 Å².